The Hall–Kier alpha value is -0.920. The molecule has 17 heavy (non-hydrogen) atoms. The molecule has 1 aliphatic rings. The molecule has 0 aliphatic carbocycles. The normalized spacial score (nSPS) is 22.9. The van der Waals surface area contributed by atoms with Gasteiger partial charge in [-0.3, -0.25) is 0 Å². The van der Waals surface area contributed by atoms with E-state index in [0.717, 1.165) is 0 Å². The molecule has 2 heterocycles. The van der Waals surface area contributed by atoms with E-state index in [0.29, 0.717) is 31.2 Å². The van der Waals surface area contributed by atoms with E-state index in [1.54, 1.807) is 13.8 Å². The average molecular weight is 260 g/mol. The van der Waals surface area contributed by atoms with Gasteiger partial charge in [-0.05, 0) is 20.8 Å². The Morgan fingerprint density at radius 1 is 1.41 bits per heavy atom. The van der Waals surface area contributed by atoms with Crippen LogP contribution in [-0.2, 0) is 14.8 Å². The topological polar surface area (TPSA) is 72.6 Å². The summed E-state index contributed by atoms with van der Waals surface area (Å²) in [5, 5.41) is 3.69. The molecule has 2 rings (SSSR count). The Balaban J connectivity index is 2.42. The van der Waals surface area contributed by atoms with E-state index in [9.17, 15) is 8.42 Å². The average Bonchev–Trinajstić information content (AvgIpc) is 2.59. The molecular formula is C10H16N2O4S. The highest BCUT2D eigenvalue weighted by Gasteiger charge is 2.35. The summed E-state index contributed by atoms with van der Waals surface area (Å²) < 4.78 is 36.5. The number of sulfonamides is 1. The van der Waals surface area contributed by atoms with Gasteiger partial charge in [0.15, 0.2) is 5.76 Å². The van der Waals surface area contributed by atoms with Crippen molar-refractivity contribution in [3.8, 4) is 0 Å². The van der Waals surface area contributed by atoms with Gasteiger partial charge in [0.05, 0.1) is 13.2 Å². The predicted octanol–water partition coefficient (Wildman–Crippen LogP) is 0.701. The van der Waals surface area contributed by atoms with Crippen molar-refractivity contribution in [2.24, 2.45) is 0 Å². The second-order valence-corrected chi connectivity index (χ2v) is 6.02. The van der Waals surface area contributed by atoms with E-state index in [1.807, 2.05) is 6.92 Å². The maximum Gasteiger partial charge on any atom is 0.248 e. The standard InChI is InChI=1S/C10H16N2O4S/c1-7-6-15-5-4-12(7)17(13,14)10-8(2)11-16-9(10)3/h7H,4-6H2,1-3H3/t7-/m0/s1. The molecular weight excluding hydrogens is 244 g/mol. The fourth-order valence-electron chi connectivity index (χ4n) is 2.03. The van der Waals surface area contributed by atoms with Crippen LogP contribution in [0.3, 0.4) is 0 Å². The van der Waals surface area contributed by atoms with E-state index in [2.05, 4.69) is 5.16 Å². The summed E-state index contributed by atoms with van der Waals surface area (Å²) in [6.45, 7) is 6.28. The molecule has 0 N–H and O–H groups in total. The minimum absolute atomic E-state index is 0.164. The lowest BCUT2D eigenvalue weighted by molar-refractivity contribution is 0.0392. The minimum Gasteiger partial charge on any atom is -0.378 e. The van der Waals surface area contributed by atoms with Gasteiger partial charge in [0.2, 0.25) is 10.0 Å². The van der Waals surface area contributed by atoms with Crippen molar-refractivity contribution in [2.45, 2.75) is 31.7 Å². The van der Waals surface area contributed by atoms with Crippen LogP contribution in [0.25, 0.3) is 0 Å². The number of hydrogen-bond acceptors (Lipinski definition) is 5. The third kappa shape index (κ3) is 2.10. The first kappa shape index (κ1) is 12.5. The molecule has 1 aromatic rings. The fourth-order valence-corrected chi connectivity index (χ4v) is 3.92. The third-order valence-corrected chi connectivity index (χ3v) is 5.10. The summed E-state index contributed by atoms with van der Waals surface area (Å²) in [7, 11) is -3.53. The van der Waals surface area contributed by atoms with Gasteiger partial charge in [-0.2, -0.15) is 4.31 Å². The Kier molecular flexibility index (Phi) is 3.24. The molecule has 7 heteroatoms. The summed E-state index contributed by atoms with van der Waals surface area (Å²) in [6.07, 6.45) is 0. The Morgan fingerprint density at radius 3 is 2.65 bits per heavy atom. The highest BCUT2D eigenvalue weighted by atomic mass is 32.2. The molecule has 1 fully saturated rings. The summed E-state index contributed by atoms with van der Waals surface area (Å²) in [5.41, 5.74) is 0.404. The quantitative estimate of drug-likeness (QED) is 0.782. The first-order chi connectivity index (χ1) is 7.94. The Bertz CT molecular complexity index is 489. The predicted molar refractivity (Wildman–Crippen MR) is 60.1 cm³/mol. The van der Waals surface area contributed by atoms with E-state index in [-0.39, 0.29) is 10.9 Å². The van der Waals surface area contributed by atoms with Crippen molar-refractivity contribution in [1.82, 2.24) is 9.46 Å². The van der Waals surface area contributed by atoms with E-state index in [4.69, 9.17) is 9.26 Å². The van der Waals surface area contributed by atoms with Crippen molar-refractivity contribution in [1.29, 1.82) is 0 Å². The summed E-state index contributed by atoms with van der Waals surface area (Å²) in [5.74, 6) is 0.334. The van der Waals surface area contributed by atoms with Crippen molar-refractivity contribution < 1.29 is 17.7 Å². The molecule has 1 atom stereocenters. The zero-order chi connectivity index (χ0) is 12.6. The first-order valence-corrected chi connectivity index (χ1v) is 6.91. The molecule has 0 radical (unpaired) electrons. The summed E-state index contributed by atoms with van der Waals surface area (Å²) in [6, 6.07) is -0.164. The third-order valence-electron chi connectivity index (χ3n) is 2.84. The largest absolute Gasteiger partial charge is 0.378 e. The van der Waals surface area contributed by atoms with Crippen molar-refractivity contribution in [3.05, 3.63) is 11.5 Å². The number of aromatic nitrogens is 1. The van der Waals surface area contributed by atoms with E-state index < -0.39 is 10.0 Å². The SMILES string of the molecule is Cc1noc(C)c1S(=O)(=O)N1CCOC[C@@H]1C. The van der Waals surface area contributed by atoms with Crippen LogP contribution in [0.15, 0.2) is 9.42 Å². The summed E-state index contributed by atoms with van der Waals surface area (Å²) >= 11 is 0. The number of ether oxygens (including phenoxy) is 1. The Morgan fingerprint density at radius 2 is 2.12 bits per heavy atom. The zero-order valence-electron chi connectivity index (χ0n) is 10.1. The number of morpholine rings is 1. The molecule has 1 aliphatic heterocycles. The van der Waals surface area contributed by atoms with Crippen LogP contribution >= 0.6 is 0 Å². The highest BCUT2D eigenvalue weighted by Crippen LogP contribution is 2.25. The molecule has 0 unspecified atom stereocenters. The molecule has 0 aromatic carbocycles. The van der Waals surface area contributed by atoms with E-state index in [1.165, 1.54) is 4.31 Å². The van der Waals surface area contributed by atoms with Crippen LogP contribution in [-0.4, -0.2) is 43.7 Å². The van der Waals surface area contributed by atoms with Crippen LogP contribution in [0.1, 0.15) is 18.4 Å². The number of rotatable bonds is 2. The fraction of sp³-hybridized carbons (Fsp3) is 0.700. The van der Waals surface area contributed by atoms with Gasteiger partial charge in [0.1, 0.15) is 10.6 Å². The van der Waals surface area contributed by atoms with E-state index >= 15 is 0 Å². The smallest absolute Gasteiger partial charge is 0.248 e. The van der Waals surface area contributed by atoms with Crippen LogP contribution in [0.5, 0.6) is 0 Å². The second-order valence-electron chi connectivity index (χ2n) is 4.19. The lowest BCUT2D eigenvalue weighted by Crippen LogP contribution is -2.47. The monoisotopic (exact) mass is 260 g/mol. The zero-order valence-corrected chi connectivity index (χ0v) is 11.0. The lowest BCUT2D eigenvalue weighted by atomic mass is 10.3. The van der Waals surface area contributed by atoms with Crippen LogP contribution in [0, 0.1) is 13.8 Å². The molecule has 1 saturated heterocycles. The van der Waals surface area contributed by atoms with Gasteiger partial charge >= 0.3 is 0 Å². The Labute approximate surface area is 101 Å². The molecule has 0 saturated carbocycles. The number of nitrogens with zero attached hydrogens (tertiary/aromatic N) is 2. The van der Waals surface area contributed by atoms with Gasteiger partial charge < -0.3 is 9.26 Å². The molecule has 1 aromatic heterocycles. The second kappa shape index (κ2) is 4.40. The van der Waals surface area contributed by atoms with Gasteiger partial charge in [0, 0.05) is 12.6 Å². The molecule has 96 valence electrons. The number of hydrogen-bond donors (Lipinski definition) is 0. The van der Waals surface area contributed by atoms with Crippen LogP contribution in [0.2, 0.25) is 0 Å². The van der Waals surface area contributed by atoms with Gasteiger partial charge in [-0.25, -0.2) is 8.42 Å². The summed E-state index contributed by atoms with van der Waals surface area (Å²) in [4.78, 5) is 0.186. The van der Waals surface area contributed by atoms with Crippen molar-refractivity contribution >= 4 is 10.0 Å². The maximum atomic E-state index is 12.5. The first-order valence-electron chi connectivity index (χ1n) is 5.47. The molecule has 0 amide bonds. The van der Waals surface area contributed by atoms with Gasteiger partial charge in [0.25, 0.3) is 0 Å². The maximum absolute atomic E-state index is 12.5. The van der Waals surface area contributed by atoms with Gasteiger partial charge in [-0.1, -0.05) is 5.16 Å². The number of aryl methyl sites for hydroxylation is 2. The lowest BCUT2D eigenvalue weighted by Gasteiger charge is -2.31. The van der Waals surface area contributed by atoms with Crippen LogP contribution < -0.4 is 0 Å². The van der Waals surface area contributed by atoms with Crippen molar-refractivity contribution in [3.63, 3.8) is 0 Å². The minimum atomic E-state index is -3.53. The molecule has 0 spiro atoms. The highest BCUT2D eigenvalue weighted by molar-refractivity contribution is 7.89. The molecule has 6 nitrogen and oxygen atoms in total. The van der Waals surface area contributed by atoms with Crippen molar-refractivity contribution in [2.75, 3.05) is 19.8 Å². The van der Waals surface area contributed by atoms with Crippen LogP contribution in [0.4, 0.5) is 0 Å². The van der Waals surface area contributed by atoms with Gasteiger partial charge in [-0.15, -0.1) is 0 Å². The molecule has 0 bridgehead atoms.